The number of carbonyl (C=O) groups is 1. The quantitative estimate of drug-likeness (QED) is 0.440. The predicted molar refractivity (Wildman–Crippen MR) is 39.8 cm³/mol. The van der Waals surface area contributed by atoms with Crippen LogP contribution in [0.15, 0.2) is 20.2 Å². The van der Waals surface area contributed by atoms with Crippen molar-refractivity contribution in [2.45, 2.75) is 5.09 Å². The minimum atomic E-state index is -4.31. The van der Waals surface area contributed by atoms with Crippen molar-refractivity contribution in [1.82, 2.24) is 5.16 Å². The number of sulfonamides is 1. The molecule has 0 spiro atoms. The van der Waals surface area contributed by atoms with Gasteiger partial charge in [0.2, 0.25) is 0 Å². The first kappa shape index (κ1) is 10.0. The highest BCUT2D eigenvalue weighted by Crippen LogP contribution is 2.13. The molecule has 10 heteroatoms. The van der Waals surface area contributed by atoms with Crippen LogP contribution in [0.25, 0.3) is 10.4 Å². The van der Waals surface area contributed by atoms with E-state index in [4.69, 9.17) is 10.6 Å². The number of aromatic nitrogens is 1. The Morgan fingerprint density at radius 3 is 2.79 bits per heavy atom. The molecule has 0 radical (unpaired) electrons. The van der Waals surface area contributed by atoms with Gasteiger partial charge in [0.25, 0.3) is 15.1 Å². The molecule has 0 aliphatic carbocycles. The van der Waals surface area contributed by atoms with E-state index >= 15 is 0 Å². The second-order valence-corrected chi connectivity index (χ2v) is 3.50. The standard InChI is InChI=1S/C4H2N4O5S/c5-7-8-14(11,12)3-1-2(4(9)10)6-13-3/h1H,(H,9,10). The van der Waals surface area contributed by atoms with Crippen molar-refractivity contribution >= 4 is 16.0 Å². The van der Waals surface area contributed by atoms with Gasteiger partial charge < -0.3 is 9.63 Å². The fraction of sp³-hybridized carbons (Fsp3) is 0. The Morgan fingerprint density at radius 1 is 1.71 bits per heavy atom. The van der Waals surface area contributed by atoms with Gasteiger partial charge in [-0.1, -0.05) is 5.16 Å². The van der Waals surface area contributed by atoms with Crippen molar-refractivity contribution in [1.29, 1.82) is 0 Å². The van der Waals surface area contributed by atoms with Gasteiger partial charge in [-0.05, 0) is 5.53 Å². The molecule has 0 atom stereocenters. The third kappa shape index (κ3) is 1.81. The number of hydrogen-bond acceptors (Lipinski definition) is 5. The van der Waals surface area contributed by atoms with Gasteiger partial charge in [-0.2, -0.15) is 0 Å². The second kappa shape index (κ2) is 3.36. The number of aromatic carboxylic acids is 1. The van der Waals surface area contributed by atoms with E-state index in [0.717, 1.165) is 0 Å². The van der Waals surface area contributed by atoms with Crippen molar-refractivity contribution in [3.63, 3.8) is 0 Å². The molecule has 0 bridgehead atoms. The average molecular weight is 218 g/mol. The summed E-state index contributed by atoms with van der Waals surface area (Å²) in [4.78, 5) is 12.3. The maximum Gasteiger partial charge on any atom is 0.358 e. The van der Waals surface area contributed by atoms with Crippen LogP contribution < -0.4 is 0 Å². The normalized spacial score (nSPS) is 10.6. The Balaban J connectivity index is 3.22. The summed E-state index contributed by atoms with van der Waals surface area (Å²) in [6, 6.07) is 0.645. The molecule has 1 aromatic heterocycles. The number of carboxylic acids is 1. The van der Waals surface area contributed by atoms with E-state index in [1.165, 1.54) is 0 Å². The van der Waals surface area contributed by atoms with Crippen LogP contribution in [0.4, 0.5) is 0 Å². The largest absolute Gasteiger partial charge is 0.476 e. The number of azide groups is 1. The minimum Gasteiger partial charge on any atom is -0.476 e. The highest BCUT2D eigenvalue weighted by molar-refractivity contribution is 7.89. The first-order valence-corrected chi connectivity index (χ1v) is 4.43. The Bertz CT molecular complexity index is 510. The van der Waals surface area contributed by atoms with Crippen LogP contribution in [-0.2, 0) is 10.0 Å². The zero-order valence-corrected chi connectivity index (χ0v) is 7.17. The topological polar surface area (TPSA) is 146 Å². The third-order valence-corrected chi connectivity index (χ3v) is 2.09. The maximum atomic E-state index is 10.9. The van der Waals surface area contributed by atoms with E-state index in [1.807, 2.05) is 4.91 Å². The second-order valence-electron chi connectivity index (χ2n) is 1.98. The highest BCUT2D eigenvalue weighted by Gasteiger charge is 2.21. The monoisotopic (exact) mass is 218 g/mol. The van der Waals surface area contributed by atoms with E-state index in [1.54, 1.807) is 0 Å². The summed E-state index contributed by atoms with van der Waals surface area (Å²) in [5.74, 6) is -1.45. The van der Waals surface area contributed by atoms with Gasteiger partial charge in [-0.3, -0.25) is 0 Å². The van der Waals surface area contributed by atoms with Gasteiger partial charge in [0.1, 0.15) is 0 Å². The molecule has 1 rings (SSSR count). The molecule has 0 fully saturated rings. The van der Waals surface area contributed by atoms with Crippen LogP contribution in [0.5, 0.6) is 0 Å². The van der Waals surface area contributed by atoms with E-state index in [0.29, 0.717) is 6.07 Å². The molecular weight excluding hydrogens is 216 g/mol. The molecule has 0 aromatic carbocycles. The number of rotatable bonds is 3. The molecule has 0 aliphatic rings. The van der Waals surface area contributed by atoms with Gasteiger partial charge in [0.05, 0.1) is 0 Å². The molecule has 1 aromatic rings. The Morgan fingerprint density at radius 2 is 2.36 bits per heavy atom. The Labute approximate surface area is 76.6 Å². The zero-order valence-electron chi connectivity index (χ0n) is 6.35. The van der Waals surface area contributed by atoms with E-state index in [-0.39, 0.29) is 0 Å². The van der Waals surface area contributed by atoms with Crippen LogP contribution in [0.2, 0.25) is 0 Å². The molecule has 1 heterocycles. The van der Waals surface area contributed by atoms with Gasteiger partial charge in [-0.25, -0.2) is 13.2 Å². The molecule has 1 N–H and O–H groups in total. The first-order valence-electron chi connectivity index (χ1n) is 2.99. The van der Waals surface area contributed by atoms with Crippen LogP contribution in [-0.4, -0.2) is 24.7 Å². The molecule has 9 nitrogen and oxygen atoms in total. The minimum absolute atomic E-state index is 0.586. The van der Waals surface area contributed by atoms with Crippen molar-refractivity contribution < 1.29 is 22.8 Å². The van der Waals surface area contributed by atoms with Crippen LogP contribution in [0, 0.1) is 0 Å². The van der Waals surface area contributed by atoms with Gasteiger partial charge in [0.15, 0.2) is 5.69 Å². The summed E-state index contributed by atoms with van der Waals surface area (Å²) < 4.78 is 28.4. The summed E-state index contributed by atoms with van der Waals surface area (Å²) in [6.45, 7) is 0. The average Bonchev–Trinajstić information content (AvgIpc) is 2.51. The number of carboxylic acid groups (broad SMARTS) is 1. The third-order valence-electron chi connectivity index (χ3n) is 1.11. The van der Waals surface area contributed by atoms with E-state index < -0.39 is 26.8 Å². The number of nitrogens with zero attached hydrogens (tertiary/aromatic N) is 4. The van der Waals surface area contributed by atoms with Gasteiger partial charge in [-0.15, -0.1) is 0 Å². The molecule has 14 heavy (non-hydrogen) atoms. The summed E-state index contributed by atoms with van der Waals surface area (Å²) in [5, 5.41) is 10.5. The lowest BCUT2D eigenvalue weighted by atomic mass is 10.5. The van der Waals surface area contributed by atoms with Crippen LogP contribution in [0.1, 0.15) is 10.5 Å². The van der Waals surface area contributed by atoms with E-state index in [9.17, 15) is 13.2 Å². The van der Waals surface area contributed by atoms with Crippen molar-refractivity contribution in [2.75, 3.05) is 0 Å². The summed E-state index contributed by atoms with van der Waals surface area (Å²) in [6.07, 6.45) is 0. The molecule has 74 valence electrons. The molecule has 0 unspecified atom stereocenters. The molecular formula is C4H2N4O5S. The van der Waals surface area contributed by atoms with Crippen molar-refractivity contribution in [3.8, 4) is 0 Å². The fourth-order valence-electron chi connectivity index (χ4n) is 0.569. The Kier molecular flexibility index (Phi) is 2.40. The van der Waals surface area contributed by atoms with Gasteiger partial charge >= 0.3 is 5.97 Å². The molecule has 0 amide bonds. The van der Waals surface area contributed by atoms with Crippen LogP contribution in [0.3, 0.4) is 0 Å². The Hall–Kier alpha value is -2.06. The summed E-state index contributed by atoms with van der Waals surface area (Å²) >= 11 is 0. The summed E-state index contributed by atoms with van der Waals surface area (Å²) in [5.41, 5.74) is 7.29. The van der Waals surface area contributed by atoms with Gasteiger partial charge in [0, 0.05) is 15.5 Å². The van der Waals surface area contributed by atoms with E-state index in [2.05, 4.69) is 14.2 Å². The maximum absolute atomic E-state index is 10.9. The molecule has 0 aliphatic heterocycles. The first-order chi connectivity index (χ1) is 6.47. The summed E-state index contributed by atoms with van der Waals surface area (Å²) in [7, 11) is -4.31. The lowest BCUT2D eigenvalue weighted by Crippen LogP contribution is -1.95. The molecule has 0 saturated heterocycles. The highest BCUT2D eigenvalue weighted by atomic mass is 32.2. The molecule has 0 saturated carbocycles. The lowest BCUT2D eigenvalue weighted by molar-refractivity contribution is 0.0685. The smallest absolute Gasteiger partial charge is 0.358 e. The predicted octanol–water partition coefficient (Wildman–Crippen LogP) is 0.372. The van der Waals surface area contributed by atoms with Crippen molar-refractivity contribution in [2.24, 2.45) is 4.52 Å². The number of hydrogen-bond donors (Lipinski definition) is 1. The van der Waals surface area contributed by atoms with Crippen molar-refractivity contribution in [3.05, 3.63) is 22.2 Å². The van der Waals surface area contributed by atoms with Crippen LogP contribution >= 0.6 is 0 Å². The fourth-order valence-corrected chi connectivity index (χ4v) is 1.14. The SMILES string of the molecule is [N-]=[N+]=NS(=O)(=O)c1cc(C(=O)O)no1. The lowest BCUT2D eigenvalue weighted by Gasteiger charge is -1.84. The zero-order chi connectivity index (χ0) is 10.8.